The van der Waals surface area contributed by atoms with Crippen molar-refractivity contribution in [1.29, 1.82) is 0 Å². The largest absolute Gasteiger partial charge is 0.458 e. The summed E-state index contributed by atoms with van der Waals surface area (Å²) in [5.41, 5.74) is 1.50. The zero-order valence-electron chi connectivity index (χ0n) is 13.7. The molecule has 3 atom stereocenters. The first-order valence-electron chi connectivity index (χ1n) is 8.12. The zero-order valence-corrected chi connectivity index (χ0v) is 13.7. The lowest BCUT2D eigenvalue weighted by atomic mass is 9.57. The summed E-state index contributed by atoms with van der Waals surface area (Å²) in [5, 5.41) is 4.33. The molecule has 4 rings (SSSR count). The summed E-state index contributed by atoms with van der Waals surface area (Å²) in [6, 6.07) is 1.79. The summed E-state index contributed by atoms with van der Waals surface area (Å²) in [5.74, 6) is -0.0314. The summed E-state index contributed by atoms with van der Waals surface area (Å²) in [6.45, 7) is 6.84. The molecule has 23 heavy (non-hydrogen) atoms. The third-order valence-electron chi connectivity index (χ3n) is 5.23. The normalized spacial score (nSPS) is 28.9. The number of carbonyl (C=O) groups excluding carboxylic acids is 1. The number of fused-ring (bicyclic) bond motifs is 2. The zero-order chi connectivity index (χ0) is 16.2. The average Bonchev–Trinajstić information content (AvgIpc) is 2.88. The quantitative estimate of drug-likeness (QED) is 0.796. The van der Waals surface area contributed by atoms with Gasteiger partial charge in [0.2, 0.25) is 0 Å². The Kier molecular flexibility index (Phi) is 3.20. The topological polar surface area (TPSA) is 65.7 Å². The van der Waals surface area contributed by atoms with E-state index in [2.05, 4.69) is 23.9 Å². The second kappa shape index (κ2) is 5.03. The van der Waals surface area contributed by atoms with Crippen molar-refractivity contribution in [1.82, 2.24) is 14.6 Å². The van der Waals surface area contributed by atoms with E-state index in [1.165, 1.54) is 0 Å². The van der Waals surface area contributed by atoms with Gasteiger partial charge in [0.05, 0.1) is 11.8 Å². The highest BCUT2D eigenvalue weighted by Gasteiger charge is 2.60. The minimum Gasteiger partial charge on any atom is -0.458 e. The van der Waals surface area contributed by atoms with Crippen LogP contribution in [0.5, 0.6) is 0 Å². The lowest BCUT2D eigenvalue weighted by Gasteiger charge is -2.58. The Morgan fingerprint density at radius 3 is 3.13 bits per heavy atom. The number of hydrogen-bond donors (Lipinski definition) is 0. The van der Waals surface area contributed by atoms with Crippen molar-refractivity contribution in [3.63, 3.8) is 0 Å². The lowest BCUT2D eigenvalue weighted by Crippen LogP contribution is -2.65. The molecule has 0 bridgehead atoms. The van der Waals surface area contributed by atoms with E-state index in [0.29, 0.717) is 22.8 Å². The molecule has 1 aliphatic carbocycles. The molecule has 0 amide bonds. The van der Waals surface area contributed by atoms with Crippen molar-refractivity contribution < 1.29 is 14.3 Å². The molecule has 1 saturated carbocycles. The van der Waals surface area contributed by atoms with E-state index in [-0.39, 0.29) is 23.6 Å². The molecule has 1 aliphatic heterocycles. The number of carbonyl (C=O) groups is 1. The van der Waals surface area contributed by atoms with E-state index in [0.717, 1.165) is 19.4 Å². The van der Waals surface area contributed by atoms with Crippen molar-refractivity contribution in [3.8, 4) is 0 Å². The Balaban J connectivity index is 1.61. The van der Waals surface area contributed by atoms with Crippen LogP contribution in [-0.4, -0.2) is 39.4 Å². The van der Waals surface area contributed by atoms with Gasteiger partial charge < -0.3 is 9.47 Å². The Morgan fingerprint density at radius 2 is 2.30 bits per heavy atom. The summed E-state index contributed by atoms with van der Waals surface area (Å²) in [6.07, 6.45) is 5.60. The fourth-order valence-electron chi connectivity index (χ4n) is 4.13. The maximum Gasteiger partial charge on any atom is 0.344 e. The van der Waals surface area contributed by atoms with Crippen LogP contribution in [0.4, 0.5) is 0 Å². The Bertz CT molecular complexity index is 768. The second-order valence-corrected chi connectivity index (χ2v) is 7.09. The minimum atomic E-state index is -0.335. The van der Waals surface area contributed by atoms with Crippen LogP contribution >= 0.6 is 0 Å². The summed E-state index contributed by atoms with van der Waals surface area (Å²) in [4.78, 5) is 17.0. The standard InChI is InChI=1S/C17H21N3O3/c1-10-12(15-18-7-5-8-20(15)19-10)16(21)23-14-11-6-4-9-22-13(11)17(14,2)3/h5,7-8,11,13-14H,4,6,9H2,1-3H3/t11-,13+,14+/m0/s1. The van der Waals surface area contributed by atoms with Crippen LogP contribution in [0.25, 0.3) is 5.65 Å². The summed E-state index contributed by atoms with van der Waals surface area (Å²) >= 11 is 0. The molecule has 0 N–H and O–H groups in total. The van der Waals surface area contributed by atoms with Crippen molar-refractivity contribution in [2.45, 2.75) is 45.8 Å². The van der Waals surface area contributed by atoms with Gasteiger partial charge in [-0.05, 0) is 25.8 Å². The number of aromatic nitrogens is 3. The third-order valence-corrected chi connectivity index (χ3v) is 5.23. The number of nitrogens with zero attached hydrogens (tertiary/aromatic N) is 3. The molecular weight excluding hydrogens is 294 g/mol. The van der Waals surface area contributed by atoms with Crippen LogP contribution in [0.2, 0.25) is 0 Å². The number of rotatable bonds is 2. The van der Waals surface area contributed by atoms with Crippen LogP contribution in [0.3, 0.4) is 0 Å². The van der Waals surface area contributed by atoms with E-state index >= 15 is 0 Å². The predicted octanol–water partition coefficient (Wildman–Crippen LogP) is 2.40. The molecule has 0 radical (unpaired) electrons. The molecule has 122 valence electrons. The van der Waals surface area contributed by atoms with Crippen molar-refractivity contribution in [2.75, 3.05) is 6.61 Å². The Hall–Kier alpha value is -1.95. The SMILES string of the molecule is Cc1nn2cccnc2c1C(=O)O[C@@H]1[C@H]2CCCO[C@H]2C1(C)C. The molecule has 0 aromatic carbocycles. The molecule has 6 heteroatoms. The molecule has 3 heterocycles. The van der Waals surface area contributed by atoms with E-state index in [9.17, 15) is 4.79 Å². The number of esters is 1. The fraction of sp³-hybridized carbons (Fsp3) is 0.588. The van der Waals surface area contributed by atoms with Crippen LogP contribution in [0, 0.1) is 18.3 Å². The van der Waals surface area contributed by atoms with Gasteiger partial charge in [-0.15, -0.1) is 0 Å². The van der Waals surface area contributed by atoms with Gasteiger partial charge in [0, 0.05) is 30.3 Å². The number of aryl methyl sites for hydroxylation is 1. The highest BCUT2D eigenvalue weighted by molar-refractivity contribution is 5.97. The molecule has 0 unspecified atom stereocenters. The Labute approximate surface area is 134 Å². The highest BCUT2D eigenvalue weighted by Crippen LogP contribution is 2.53. The molecular formula is C17H21N3O3. The van der Waals surface area contributed by atoms with Crippen LogP contribution in [-0.2, 0) is 9.47 Å². The van der Waals surface area contributed by atoms with Crippen LogP contribution in [0.1, 0.15) is 42.7 Å². The van der Waals surface area contributed by atoms with Crippen LogP contribution < -0.4 is 0 Å². The highest BCUT2D eigenvalue weighted by atomic mass is 16.6. The van der Waals surface area contributed by atoms with Crippen molar-refractivity contribution >= 4 is 11.6 Å². The van der Waals surface area contributed by atoms with E-state index in [4.69, 9.17) is 9.47 Å². The smallest absolute Gasteiger partial charge is 0.344 e. The van der Waals surface area contributed by atoms with Gasteiger partial charge >= 0.3 is 5.97 Å². The van der Waals surface area contributed by atoms with E-state index in [1.807, 2.05) is 6.92 Å². The van der Waals surface area contributed by atoms with Crippen LogP contribution in [0.15, 0.2) is 18.5 Å². The van der Waals surface area contributed by atoms with Gasteiger partial charge in [-0.3, -0.25) is 0 Å². The average molecular weight is 315 g/mol. The first kappa shape index (κ1) is 14.6. The molecule has 1 saturated heterocycles. The van der Waals surface area contributed by atoms with Gasteiger partial charge in [-0.25, -0.2) is 14.3 Å². The van der Waals surface area contributed by atoms with E-state index in [1.54, 1.807) is 23.0 Å². The van der Waals surface area contributed by atoms with Crippen molar-refractivity contribution in [2.24, 2.45) is 11.3 Å². The fourth-order valence-corrected chi connectivity index (χ4v) is 4.13. The molecule has 2 aromatic rings. The Morgan fingerprint density at radius 1 is 1.48 bits per heavy atom. The molecule has 0 spiro atoms. The first-order valence-corrected chi connectivity index (χ1v) is 8.12. The molecule has 2 aromatic heterocycles. The van der Waals surface area contributed by atoms with Gasteiger partial charge in [0.15, 0.2) is 5.65 Å². The van der Waals surface area contributed by atoms with Gasteiger partial charge in [-0.2, -0.15) is 5.10 Å². The molecule has 2 aliphatic rings. The summed E-state index contributed by atoms with van der Waals surface area (Å²) in [7, 11) is 0. The maximum absolute atomic E-state index is 12.7. The van der Waals surface area contributed by atoms with Crippen molar-refractivity contribution in [3.05, 3.63) is 29.7 Å². The van der Waals surface area contributed by atoms with Gasteiger partial charge in [0.1, 0.15) is 11.7 Å². The number of hydrogen-bond acceptors (Lipinski definition) is 5. The summed E-state index contributed by atoms with van der Waals surface area (Å²) < 4.78 is 13.4. The monoisotopic (exact) mass is 315 g/mol. The van der Waals surface area contributed by atoms with E-state index < -0.39 is 0 Å². The second-order valence-electron chi connectivity index (χ2n) is 7.09. The number of ether oxygens (including phenoxy) is 2. The molecule has 6 nitrogen and oxygen atoms in total. The van der Waals surface area contributed by atoms with Gasteiger partial charge in [0.25, 0.3) is 0 Å². The van der Waals surface area contributed by atoms with Gasteiger partial charge in [-0.1, -0.05) is 13.8 Å². The lowest BCUT2D eigenvalue weighted by molar-refractivity contribution is -0.243. The first-order chi connectivity index (χ1) is 11.0. The molecule has 2 fully saturated rings. The predicted molar refractivity (Wildman–Crippen MR) is 83.2 cm³/mol. The minimum absolute atomic E-state index is 0.113. The maximum atomic E-state index is 12.7. The third kappa shape index (κ3) is 2.08.